The highest BCUT2D eigenvalue weighted by molar-refractivity contribution is 5.87. The summed E-state index contributed by atoms with van der Waals surface area (Å²) in [4.78, 5) is 18.9. The molecule has 48 heavy (non-hydrogen) atoms. The Balaban J connectivity index is 0.972. The first-order valence-electron chi connectivity index (χ1n) is 18.0. The van der Waals surface area contributed by atoms with Crippen molar-refractivity contribution in [1.29, 1.82) is 0 Å². The monoisotopic (exact) mass is 659 g/mol. The maximum atomic E-state index is 12.1. The number of hydrogen-bond acceptors (Lipinski definition) is 7. The Morgan fingerprint density at radius 2 is 1.67 bits per heavy atom. The number of rotatable bonds is 18. The summed E-state index contributed by atoms with van der Waals surface area (Å²) < 4.78 is 7.15. The smallest absolute Gasteiger partial charge is 0.248 e. The lowest BCUT2D eigenvalue weighted by atomic mass is 9.73. The highest BCUT2D eigenvalue weighted by Crippen LogP contribution is 2.43. The van der Waals surface area contributed by atoms with Crippen LogP contribution in [0.25, 0.3) is 10.9 Å². The molecule has 2 aromatic heterocycles. The van der Waals surface area contributed by atoms with Crippen molar-refractivity contribution in [3.63, 3.8) is 0 Å². The topological polar surface area (TPSA) is 132 Å². The van der Waals surface area contributed by atoms with Crippen LogP contribution in [0, 0.1) is 5.92 Å². The van der Waals surface area contributed by atoms with Crippen LogP contribution < -0.4 is 10.9 Å². The van der Waals surface area contributed by atoms with E-state index in [1.165, 1.54) is 44.2 Å². The van der Waals surface area contributed by atoms with E-state index in [1.807, 2.05) is 36.5 Å². The number of benzene rings is 2. The van der Waals surface area contributed by atoms with Gasteiger partial charge < -0.3 is 34.5 Å². The van der Waals surface area contributed by atoms with Crippen molar-refractivity contribution in [3.05, 3.63) is 93.9 Å². The third-order valence-corrected chi connectivity index (χ3v) is 10.1. The Hall–Kier alpha value is -3.50. The van der Waals surface area contributed by atoms with Crippen molar-refractivity contribution in [3.8, 4) is 5.75 Å². The number of oxazole rings is 1. The van der Waals surface area contributed by atoms with Gasteiger partial charge in [-0.3, -0.25) is 4.79 Å². The fourth-order valence-electron chi connectivity index (χ4n) is 7.38. The molecule has 2 aromatic carbocycles. The molecule has 0 spiro atoms. The van der Waals surface area contributed by atoms with Crippen LogP contribution >= 0.6 is 0 Å². The van der Waals surface area contributed by atoms with E-state index in [0.717, 1.165) is 80.4 Å². The van der Waals surface area contributed by atoms with Crippen LogP contribution in [0.15, 0.2) is 70.0 Å². The molecule has 1 saturated carbocycles. The standard InChI is InChI=1S/C39H54N4O5/c1-43(2,28-31-26-41-38(48-31)39(47,29-16-10-8-11-17-29)30-18-12-9-13-19-30)25-15-7-5-3-4-6-14-24-40-27-35(45)32-20-22-34(44)37-33(32)21-23-36(46)42-37/h8,10-11,16-17,20-23,26,30,35,40,45,47H,3-7,9,12-15,18-19,24-25,27-28H2,1-2H3,(H-,42,44,46)/p+1/t35?,39-/m0/s1. The van der Waals surface area contributed by atoms with Gasteiger partial charge in [0, 0.05) is 23.9 Å². The number of H-pyrrole nitrogens is 1. The highest BCUT2D eigenvalue weighted by atomic mass is 16.4. The summed E-state index contributed by atoms with van der Waals surface area (Å²) in [5.74, 6) is 1.37. The van der Waals surface area contributed by atoms with Crippen LogP contribution in [-0.2, 0) is 12.1 Å². The minimum atomic E-state index is -1.19. The van der Waals surface area contributed by atoms with Crippen molar-refractivity contribution in [1.82, 2.24) is 15.3 Å². The summed E-state index contributed by atoms with van der Waals surface area (Å²) in [6.45, 7) is 3.05. The van der Waals surface area contributed by atoms with Crippen LogP contribution in [0.5, 0.6) is 5.75 Å². The molecule has 0 radical (unpaired) electrons. The summed E-state index contributed by atoms with van der Waals surface area (Å²) >= 11 is 0. The van der Waals surface area contributed by atoms with Gasteiger partial charge in [0.15, 0.2) is 11.4 Å². The highest BCUT2D eigenvalue weighted by Gasteiger charge is 2.44. The summed E-state index contributed by atoms with van der Waals surface area (Å²) in [6, 6.07) is 16.2. The second-order valence-electron chi connectivity index (χ2n) is 14.4. The molecular formula is C39H55N4O5+. The minimum Gasteiger partial charge on any atom is -0.506 e. The number of pyridine rings is 1. The fraction of sp³-hybridized carbons (Fsp3) is 0.538. The Labute approximate surface area is 284 Å². The predicted molar refractivity (Wildman–Crippen MR) is 190 cm³/mol. The molecule has 1 aliphatic carbocycles. The van der Waals surface area contributed by atoms with Crippen LogP contribution in [0.4, 0.5) is 0 Å². The van der Waals surface area contributed by atoms with Gasteiger partial charge >= 0.3 is 0 Å². The number of aromatic hydroxyl groups is 1. The first kappa shape index (κ1) is 35.8. The van der Waals surface area contributed by atoms with E-state index in [2.05, 4.69) is 29.4 Å². The van der Waals surface area contributed by atoms with Crippen molar-refractivity contribution < 1.29 is 24.2 Å². The number of fused-ring (bicyclic) bond motifs is 1. The molecule has 0 amide bonds. The second kappa shape index (κ2) is 16.7. The summed E-state index contributed by atoms with van der Waals surface area (Å²) in [7, 11) is 4.48. The van der Waals surface area contributed by atoms with Crippen molar-refractivity contribution in [2.24, 2.45) is 5.92 Å². The number of aromatic nitrogens is 2. The molecule has 0 aliphatic heterocycles. The number of nitrogens with one attached hydrogen (secondary N) is 2. The van der Waals surface area contributed by atoms with Crippen LogP contribution in [0.3, 0.4) is 0 Å². The molecule has 5 rings (SSSR count). The zero-order valence-electron chi connectivity index (χ0n) is 28.8. The van der Waals surface area contributed by atoms with Crippen LogP contribution in [-0.4, -0.2) is 63.5 Å². The lowest BCUT2D eigenvalue weighted by molar-refractivity contribution is -0.904. The number of phenols is 1. The number of aliphatic hydroxyl groups is 2. The number of phenolic OH excluding ortho intramolecular Hbond substituents is 1. The summed E-state index contributed by atoms with van der Waals surface area (Å²) in [5, 5.41) is 36.9. The molecule has 260 valence electrons. The van der Waals surface area contributed by atoms with E-state index in [0.29, 0.717) is 28.9 Å². The molecule has 1 aliphatic rings. The van der Waals surface area contributed by atoms with Gasteiger partial charge in [-0.2, -0.15) is 0 Å². The van der Waals surface area contributed by atoms with Gasteiger partial charge in [0.2, 0.25) is 11.4 Å². The third kappa shape index (κ3) is 9.14. The third-order valence-electron chi connectivity index (χ3n) is 10.1. The normalized spacial score (nSPS) is 16.2. The Morgan fingerprint density at radius 1 is 0.958 bits per heavy atom. The molecule has 9 nitrogen and oxygen atoms in total. The van der Waals surface area contributed by atoms with E-state index in [9.17, 15) is 20.1 Å². The van der Waals surface area contributed by atoms with E-state index in [-0.39, 0.29) is 17.2 Å². The van der Waals surface area contributed by atoms with E-state index in [1.54, 1.807) is 12.1 Å². The van der Waals surface area contributed by atoms with Gasteiger partial charge in [-0.15, -0.1) is 0 Å². The number of unbranched alkanes of at least 4 members (excludes halogenated alkanes) is 6. The van der Waals surface area contributed by atoms with Gasteiger partial charge in [-0.05, 0) is 61.9 Å². The van der Waals surface area contributed by atoms with E-state index in [4.69, 9.17) is 4.42 Å². The van der Waals surface area contributed by atoms with E-state index >= 15 is 0 Å². The SMILES string of the molecule is C[N+](C)(CCCCCCCCCNCC(O)c1ccc(O)c2[nH]c(=O)ccc12)Cc1cnc([C@](O)(c2ccccc2)C2CCCCC2)o1. The van der Waals surface area contributed by atoms with Crippen molar-refractivity contribution >= 4 is 10.9 Å². The van der Waals surface area contributed by atoms with Crippen molar-refractivity contribution in [2.75, 3.05) is 33.7 Å². The summed E-state index contributed by atoms with van der Waals surface area (Å²) in [6.07, 6.45) is 14.8. The lowest BCUT2D eigenvalue weighted by Crippen LogP contribution is -2.39. The minimum absolute atomic E-state index is 0.00192. The van der Waals surface area contributed by atoms with E-state index < -0.39 is 11.7 Å². The molecule has 9 heteroatoms. The molecule has 4 aromatic rings. The van der Waals surface area contributed by atoms with Gasteiger partial charge in [0.25, 0.3) is 0 Å². The fourth-order valence-corrected chi connectivity index (χ4v) is 7.38. The average Bonchev–Trinajstić information content (AvgIpc) is 3.56. The predicted octanol–water partition coefficient (Wildman–Crippen LogP) is 6.67. The van der Waals surface area contributed by atoms with Gasteiger partial charge in [-0.1, -0.05) is 81.3 Å². The largest absolute Gasteiger partial charge is 0.506 e. The number of quaternary nitrogens is 1. The van der Waals surface area contributed by atoms with Crippen molar-refractivity contribution in [2.45, 2.75) is 95.3 Å². The lowest BCUT2D eigenvalue weighted by Gasteiger charge is -2.36. The molecular weight excluding hydrogens is 604 g/mol. The molecule has 1 fully saturated rings. The molecule has 5 N–H and O–H groups in total. The maximum absolute atomic E-state index is 12.1. The zero-order valence-corrected chi connectivity index (χ0v) is 28.8. The quantitative estimate of drug-likeness (QED) is 0.0596. The molecule has 1 unspecified atom stereocenters. The first-order valence-corrected chi connectivity index (χ1v) is 18.0. The number of hydrogen-bond donors (Lipinski definition) is 5. The molecule has 0 saturated heterocycles. The molecule has 2 heterocycles. The number of aromatic amines is 1. The molecule has 2 atom stereocenters. The van der Waals surface area contributed by atoms with Crippen LogP contribution in [0.2, 0.25) is 0 Å². The Bertz CT molecular complexity index is 1630. The Kier molecular flexibility index (Phi) is 12.5. The van der Waals surface area contributed by atoms with Gasteiger partial charge in [-0.25, -0.2) is 4.98 Å². The maximum Gasteiger partial charge on any atom is 0.248 e. The second-order valence-corrected chi connectivity index (χ2v) is 14.4. The zero-order chi connectivity index (χ0) is 34.0. The number of nitrogens with zero attached hydrogens (tertiary/aromatic N) is 2. The first-order chi connectivity index (χ1) is 23.2. The average molecular weight is 660 g/mol. The summed E-state index contributed by atoms with van der Waals surface area (Å²) in [5.41, 5.74) is 0.429. The molecule has 0 bridgehead atoms. The van der Waals surface area contributed by atoms with Gasteiger partial charge in [0.1, 0.15) is 12.3 Å². The van der Waals surface area contributed by atoms with Crippen LogP contribution in [0.1, 0.15) is 106 Å². The number of aliphatic hydroxyl groups excluding tert-OH is 1. The Morgan fingerprint density at radius 3 is 2.42 bits per heavy atom. The van der Waals surface area contributed by atoms with Gasteiger partial charge in [0.05, 0.1) is 38.5 Å².